The van der Waals surface area contributed by atoms with Crippen molar-refractivity contribution < 1.29 is 19.5 Å². The molecule has 0 saturated heterocycles. The van der Waals surface area contributed by atoms with E-state index in [1.807, 2.05) is 45.0 Å². The molecule has 3 aromatic rings. The van der Waals surface area contributed by atoms with E-state index in [2.05, 4.69) is 10.5 Å². The predicted octanol–water partition coefficient (Wildman–Crippen LogP) is 3.39. The molecule has 1 aliphatic rings. The molecule has 8 heteroatoms. The summed E-state index contributed by atoms with van der Waals surface area (Å²) in [6, 6.07) is 7.60. The maximum absolute atomic E-state index is 10.4. The lowest BCUT2D eigenvalue weighted by Gasteiger charge is -2.18. The zero-order chi connectivity index (χ0) is 24.2. The second kappa shape index (κ2) is 10.6. The molecule has 0 spiro atoms. The first-order valence-electron chi connectivity index (χ1n) is 11.9. The Morgan fingerprint density at radius 3 is 2.71 bits per heavy atom. The Labute approximate surface area is 200 Å². The average molecular weight is 467 g/mol. The van der Waals surface area contributed by atoms with E-state index >= 15 is 0 Å². The van der Waals surface area contributed by atoms with Crippen molar-refractivity contribution >= 4 is 0 Å². The summed E-state index contributed by atoms with van der Waals surface area (Å²) in [4.78, 5) is 9.89. The highest BCUT2D eigenvalue weighted by molar-refractivity contribution is 5.71. The van der Waals surface area contributed by atoms with E-state index < -0.39 is 6.10 Å². The molecule has 8 nitrogen and oxygen atoms in total. The van der Waals surface area contributed by atoms with Crippen molar-refractivity contribution in [2.24, 2.45) is 5.92 Å². The predicted molar refractivity (Wildman–Crippen MR) is 130 cm³/mol. The summed E-state index contributed by atoms with van der Waals surface area (Å²) in [6.07, 6.45) is 2.69. The van der Waals surface area contributed by atoms with Crippen molar-refractivity contribution in [1.82, 2.24) is 20.4 Å². The van der Waals surface area contributed by atoms with Crippen LogP contribution in [0.2, 0.25) is 0 Å². The normalized spacial score (nSPS) is 18.9. The molecule has 3 atom stereocenters. The molecule has 2 heterocycles. The van der Waals surface area contributed by atoms with Crippen molar-refractivity contribution in [3.63, 3.8) is 0 Å². The first-order valence-corrected chi connectivity index (χ1v) is 11.9. The van der Waals surface area contributed by atoms with E-state index in [1.54, 1.807) is 7.05 Å². The lowest BCUT2D eigenvalue weighted by molar-refractivity contribution is 0.108. The molecule has 34 heavy (non-hydrogen) atoms. The molecule has 4 rings (SSSR count). The van der Waals surface area contributed by atoms with Crippen LogP contribution >= 0.6 is 0 Å². The number of benzene rings is 1. The SMILES string of the molecule is CNCC(O)COc1cccc(-c2nc(CC3CCC[C@H]3O)c(C)c(-c3c(C)noc3C)n2)c1. The Balaban J connectivity index is 1.73. The molecular weight excluding hydrogens is 432 g/mol. The Morgan fingerprint density at radius 1 is 1.21 bits per heavy atom. The molecule has 0 amide bonds. The molecule has 1 aromatic carbocycles. The molecule has 182 valence electrons. The third kappa shape index (κ3) is 5.29. The molecule has 2 unspecified atom stereocenters. The van der Waals surface area contributed by atoms with Gasteiger partial charge in [0, 0.05) is 17.8 Å². The molecule has 1 fully saturated rings. The number of hydrogen-bond acceptors (Lipinski definition) is 8. The molecule has 1 aliphatic carbocycles. The van der Waals surface area contributed by atoms with Crippen LogP contribution < -0.4 is 10.1 Å². The largest absolute Gasteiger partial charge is 0.491 e. The van der Waals surface area contributed by atoms with Crippen molar-refractivity contribution in [3.8, 4) is 28.4 Å². The van der Waals surface area contributed by atoms with Crippen LogP contribution in [-0.2, 0) is 6.42 Å². The van der Waals surface area contributed by atoms with Gasteiger partial charge in [0.2, 0.25) is 0 Å². The van der Waals surface area contributed by atoms with Crippen molar-refractivity contribution in [2.45, 2.75) is 58.7 Å². The topological polar surface area (TPSA) is 114 Å². The number of nitrogens with zero attached hydrogens (tertiary/aromatic N) is 3. The minimum absolute atomic E-state index is 0.189. The highest BCUT2D eigenvalue weighted by Crippen LogP contribution is 2.35. The van der Waals surface area contributed by atoms with Gasteiger partial charge < -0.3 is 24.8 Å². The smallest absolute Gasteiger partial charge is 0.160 e. The standard InChI is InChI=1S/C26H34N4O4/c1-15-22(12-18-7-6-10-23(18)32)28-26(29-25(15)24-16(2)30-34-17(24)3)19-8-5-9-21(11-19)33-14-20(31)13-27-4/h5,8-9,11,18,20,23,27,31-32H,6-7,10,12-14H2,1-4H3/t18?,20?,23-/m1/s1. The van der Waals surface area contributed by atoms with E-state index in [4.69, 9.17) is 19.2 Å². The Kier molecular flexibility index (Phi) is 7.60. The molecule has 3 N–H and O–H groups in total. The van der Waals surface area contributed by atoms with Crippen molar-refractivity contribution in [2.75, 3.05) is 20.2 Å². The van der Waals surface area contributed by atoms with Gasteiger partial charge in [0.05, 0.1) is 23.1 Å². The molecule has 0 aliphatic heterocycles. The number of nitrogens with one attached hydrogen (secondary N) is 1. The number of aliphatic hydroxyl groups is 2. The van der Waals surface area contributed by atoms with Gasteiger partial charge in [-0.25, -0.2) is 9.97 Å². The summed E-state index contributed by atoms with van der Waals surface area (Å²) in [7, 11) is 1.79. The van der Waals surface area contributed by atoms with Crippen LogP contribution in [0.4, 0.5) is 0 Å². The zero-order valence-corrected chi connectivity index (χ0v) is 20.3. The third-order valence-corrected chi connectivity index (χ3v) is 6.57. The molecule has 0 bridgehead atoms. The lowest BCUT2D eigenvalue weighted by atomic mass is 9.94. The van der Waals surface area contributed by atoms with Crippen LogP contribution in [0, 0.1) is 26.7 Å². The number of rotatable bonds is 9. The fourth-order valence-electron chi connectivity index (χ4n) is 4.67. The van der Waals surface area contributed by atoms with Crippen molar-refractivity contribution in [3.05, 3.63) is 47.0 Å². The van der Waals surface area contributed by atoms with E-state index in [0.29, 0.717) is 30.3 Å². The van der Waals surface area contributed by atoms with Gasteiger partial charge in [-0.3, -0.25) is 0 Å². The van der Waals surface area contributed by atoms with Gasteiger partial charge in [-0.15, -0.1) is 0 Å². The second-order valence-electron chi connectivity index (χ2n) is 9.18. The average Bonchev–Trinajstić information content (AvgIpc) is 3.38. The zero-order valence-electron chi connectivity index (χ0n) is 20.3. The number of hydrogen-bond donors (Lipinski definition) is 3. The van der Waals surface area contributed by atoms with Crippen LogP contribution in [0.1, 0.15) is 42.0 Å². The molecule has 1 saturated carbocycles. The number of aromatic nitrogens is 3. The summed E-state index contributed by atoms with van der Waals surface area (Å²) in [5.74, 6) is 2.14. The summed E-state index contributed by atoms with van der Waals surface area (Å²) in [6.45, 7) is 6.48. The van der Waals surface area contributed by atoms with Crippen LogP contribution in [0.25, 0.3) is 22.6 Å². The fourth-order valence-corrected chi connectivity index (χ4v) is 4.67. The number of likely N-dealkylation sites (N-methyl/N-ethyl adjacent to an activating group) is 1. The van der Waals surface area contributed by atoms with Gasteiger partial charge in [0.15, 0.2) is 5.82 Å². The number of aliphatic hydroxyl groups excluding tert-OH is 2. The van der Waals surface area contributed by atoms with E-state index in [0.717, 1.165) is 53.0 Å². The molecule has 2 aromatic heterocycles. The first-order chi connectivity index (χ1) is 16.4. The van der Waals surface area contributed by atoms with Gasteiger partial charge >= 0.3 is 0 Å². The van der Waals surface area contributed by atoms with Gasteiger partial charge in [-0.05, 0) is 70.7 Å². The minimum atomic E-state index is -0.597. The van der Waals surface area contributed by atoms with Gasteiger partial charge in [-0.1, -0.05) is 23.7 Å². The summed E-state index contributed by atoms with van der Waals surface area (Å²) in [5.41, 5.74) is 5.22. The van der Waals surface area contributed by atoms with E-state index in [9.17, 15) is 10.2 Å². The quantitative estimate of drug-likeness (QED) is 0.440. The summed E-state index contributed by atoms with van der Waals surface area (Å²) >= 11 is 0. The fraction of sp³-hybridized carbons (Fsp3) is 0.500. The van der Waals surface area contributed by atoms with Crippen LogP contribution in [-0.4, -0.2) is 57.7 Å². The van der Waals surface area contributed by atoms with Crippen LogP contribution in [0.15, 0.2) is 28.8 Å². The summed E-state index contributed by atoms with van der Waals surface area (Å²) in [5, 5.41) is 27.5. The highest BCUT2D eigenvalue weighted by Gasteiger charge is 2.28. The van der Waals surface area contributed by atoms with E-state index in [-0.39, 0.29) is 18.6 Å². The van der Waals surface area contributed by atoms with Gasteiger partial charge in [0.25, 0.3) is 0 Å². The molecule has 0 radical (unpaired) electrons. The maximum Gasteiger partial charge on any atom is 0.160 e. The summed E-state index contributed by atoms with van der Waals surface area (Å²) < 4.78 is 11.2. The second-order valence-corrected chi connectivity index (χ2v) is 9.18. The Bertz CT molecular complexity index is 1110. The van der Waals surface area contributed by atoms with E-state index in [1.165, 1.54) is 0 Å². The van der Waals surface area contributed by atoms with Crippen LogP contribution in [0.3, 0.4) is 0 Å². The monoisotopic (exact) mass is 466 g/mol. The maximum atomic E-state index is 10.4. The van der Waals surface area contributed by atoms with Gasteiger partial charge in [-0.2, -0.15) is 0 Å². The number of ether oxygens (including phenoxy) is 1. The van der Waals surface area contributed by atoms with Gasteiger partial charge in [0.1, 0.15) is 24.2 Å². The Morgan fingerprint density at radius 2 is 2.03 bits per heavy atom. The molecular formula is C26H34N4O4. The Hall–Kier alpha value is -2.81. The third-order valence-electron chi connectivity index (χ3n) is 6.57. The van der Waals surface area contributed by atoms with Crippen molar-refractivity contribution in [1.29, 1.82) is 0 Å². The lowest BCUT2D eigenvalue weighted by Crippen LogP contribution is -2.29. The number of aryl methyl sites for hydroxylation is 2. The minimum Gasteiger partial charge on any atom is -0.491 e. The first kappa shape index (κ1) is 24.3. The van der Waals surface area contributed by atoms with Crippen LogP contribution in [0.5, 0.6) is 5.75 Å². The highest BCUT2D eigenvalue weighted by atomic mass is 16.5.